The third-order valence-electron chi connectivity index (χ3n) is 4.11. The second-order valence-corrected chi connectivity index (χ2v) is 6.03. The van der Waals surface area contributed by atoms with Crippen LogP contribution in [-0.2, 0) is 11.2 Å². The quantitative estimate of drug-likeness (QED) is 0.887. The van der Waals surface area contributed by atoms with Gasteiger partial charge in [0, 0.05) is 31.6 Å². The van der Waals surface area contributed by atoms with Gasteiger partial charge in [-0.2, -0.15) is 0 Å². The van der Waals surface area contributed by atoms with Gasteiger partial charge in [-0.3, -0.25) is 4.79 Å². The molecule has 0 unspecified atom stereocenters. The topological polar surface area (TPSA) is 72.4 Å². The van der Waals surface area contributed by atoms with Gasteiger partial charge in [-0.25, -0.2) is 0 Å². The monoisotopic (exact) mass is 299 g/mol. The Bertz CT molecular complexity index is 647. The molecule has 5 heteroatoms. The number of amides is 1. The van der Waals surface area contributed by atoms with Gasteiger partial charge >= 0.3 is 0 Å². The summed E-state index contributed by atoms with van der Waals surface area (Å²) in [6, 6.07) is 11.9. The molecule has 0 saturated heterocycles. The maximum atomic E-state index is 12.0. The third-order valence-corrected chi connectivity index (χ3v) is 4.11. The van der Waals surface area contributed by atoms with E-state index in [2.05, 4.69) is 5.16 Å². The highest BCUT2D eigenvalue weighted by Crippen LogP contribution is 2.33. The number of nitrogens with zero attached hydrogens (tertiary/aromatic N) is 2. The van der Waals surface area contributed by atoms with E-state index in [0.717, 1.165) is 42.7 Å². The maximum absolute atomic E-state index is 12.0. The molecule has 116 valence electrons. The van der Waals surface area contributed by atoms with Crippen molar-refractivity contribution < 1.29 is 9.32 Å². The summed E-state index contributed by atoms with van der Waals surface area (Å²) in [5.74, 6) is 0.892. The highest BCUT2D eigenvalue weighted by atomic mass is 16.5. The summed E-state index contributed by atoms with van der Waals surface area (Å²) in [5.41, 5.74) is 7.23. The fourth-order valence-electron chi connectivity index (χ4n) is 2.50. The van der Waals surface area contributed by atoms with Gasteiger partial charge in [-0.15, -0.1) is 0 Å². The summed E-state index contributed by atoms with van der Waals surface area (Å²) in [7, 11) is 1.81. The van der Waals surface area contributed by atoms with E-state index in [-0.39, 0.29) is 5.91 Å². The molecule has 1 aromatic carbocycles. The van der Waals surface area contributed by atoms with E-state index in [1.165, 1.54) is 0 Å². The van der Waals surface area contributed by atoms with Crippen LogP contribution in [0.5, 0.6) is 0 Å². The Kier molecular flexibility index (Phi) is 3.98. The molecule has 0 aliphatic heterocycles. The molecule has 0 spiro atoms. The van der Waals surface area contributed by atoms with Crippen LogP contribution in [0.15, 0.2) is 40.9 Å². The molecule has 1 aliphatic rings. The Balaban J connectivity index is 1.50. The van der Waals surface area contributed by atoms with Crippen molar-refractivity contribution in [2.75, 3.05) is 13.6 Å². The van der Waals surface area contributed by atoms with E-state index in [4.69, 9.17) is 10.3 Å². The third kappa shape index (κ3) is 3.20. The van der Waals surface area contributed by atoms with Crippen molar-refractivity contribution in [1.29, 1.82) is 0 Å². The smallest absolute Gasteiger partial charge is 0.242 e. The average molecular weight is 299 g/mol. The zero-order valence-corrected chi connectivity index (χ0v) is 12.8. The number of hydrogen-bond acceptors (Lipinski definition) is 4. The normalized spacial score (nSPS) is 15.5. The van der Waals surface area contributed by atoms with E-state index in [9.17, 15) is 4.79 Å². The van der Waals surface area contributed by atoms with Gasteiger partial charge in [-0.05, 0) is 19.3 Å². The highest BCUT2D eigenvalue weighted by Gasteiger charge is 2.47. The van der Waals surface area contributed by atoms with E-state index in [0.29, 0.717) is 6.54 Å². The Morgan fingerprint density at radius 3 is 2.77 bits per heavy atom. The fraction of sp³-hybridized carbons (Fsp3) is 0.412. The number of rotatable bonds is 6. The van der Waals surface area contributed by atoms with Crippen LogP contribution >= 0.6 is 0 Å². The molecule has 1 aromatic heterocycles. The summed E-state index contributed by atoms with van der Waals surface area (Å²) < 4.78 is 5.36. The summed E-state index contributed by atoms with van der Waals surface area (Å²) in [6.45, 7) is 0.680. The van der Waals surface area contributed by atoms with Gasteiger partial charge in [0.25, 0.3) is 0 Å². The molecule has 5 nitrogen and oxygen atoms in total. The predicted molar refractivity (Wildman–Crippen MR) is 84.0 cm³/mol. The minimum atomic E-state index is -0.582. The molecule has 0 bridgehead atoms. The van der Waals surface area contributed by atoms with E-state index in [1.807, 2.05) is 43.4 Å². The molecule has 1 saturated carbocycles. The van der Waals surface area contributed by atoms with Crippen LogP contribution in [0.4, 0.5) is 0 Å². The van der Waals surface area contributed by atoms with Crippen LogP contribution in [0.1, 0.15) is 25.0 Å². The van der Waals surface area contributed by atoms with Crippen LogP contribution in [0.2, 0.25) is 0 Å². The lowest BCUT2D eigenvalue weighted by Crippen LogP contribution is -2.44. The molecule has 1 fully saturated rings. The van der Waals surface area contributed by atoms with E-state index >= 15 is 0 Å². The van der Waals surface area contributed by atoms with Gasteiger partial charge in [0.1, 0.15) is 11.5 Å². The second kappa shape index (κ2) is 5.93. The number of aryl methyl sites for hydroxylation is 1. The number of carbonyl (C=O) groups is 1. The molecule has 1 heterocycles. The molecular weight excluding hydrogens is 278 g/mol. The molecule has 3 rings (SSSR count). The van der Waals surface area contributed by atoms with Crippen LogP contribution < -0.4 is 5.73 Å². The number of hydrogen-bond donors (Lipinski definition) is 1. The Morgan fingerprint density at radius 1 is 1.36 bits per heavy atom. The molecular formula is C17H21N3O2. The van der Waals surface area contributed by atoms with Crippen molar-refractivity contribution in [3.8, 4) is 11.3 Å². The number of benzene rings is 1. The van der Waals surface area contributed by atoms with E-state index < -0.39 is 5.54 Å². The number of carbonyl (C=O) groups excluding carboxylic acids is 1. The summed E-state index contributed by atoms with van der Waals surface area (Å²) in [5, 5.41) is 4.09. The number of likely N-dealkylation sites (N-methyl/N-ethyl adjacent to an activating group) is 1. The summed E-state index contributed by atoms with van der Waals surface area (Å²) in [4.78, 5) is 13.7. The van der Waals surface area contributed by atoms with Crippen LogP contribution in [0.3, 0.4) is 0 Å². The van der Waals surface area contributed by atoms with Crippen molar-refractivity contribution in [3.63, 3.8) is 0 Å². The van der Waals surface area contributed by atoms with Crippen molar-refractivity contribution >= 4 is 5.91 Å². The first-order valence-electron chi connectivity index (χ1n) is 7.64. The maximum Gasteiger partial charge on any atom is 0.242 e. The molecule has 0 atom stereocenters. The zero-order valence-electron chi connectivity index (χ0n) is 12.8. The van der Waals surface area contributed by atoms with E-state index in [1.54, 1.807) is 4.90 Å². The Hall–Kier alpha value is -2.14. The van der Waals surface area contributed by atoms with Crippen LogP contribution in [-0.4, -0.2) is 35.1 Å². The highest BCUT2D eigenvalue weighted by molar-refractivity contribution is 5.88. The van der Waals surface area contributed by atoms with Crippen molar-refractivity contribution in [2.45, 2.75) is 31.2 Å². The number of aromatic nitrogens is 1. The molecule has 0 radical (unpaired) electrons. The minimum Gasteiger partial charge on any atom is -0.361 e. The SMILES string of the molecule is CN(CCCc1cc(-c2ccccc2)no1)C(=O)C1(N)CC1. The van der Waals surface area contributed by atoms with Gasteiger partial charge in [0.2, 0.25) is 5.91 Å². The standard InChI is InChI=1S/C17H21N3O2/c1-20(16(21)17(18)9-10-17)11-5-8-14-12-15(19-22-14)13-6-3-2-4-7-13/h2-4,6-7,12H,5,8-11,18H2,1H3. The van der Waals surface area contributed by atoms with Crippen LogP contribution in [0, 0.1) is 0 Å². The second-order valence-electron chi connectivity index (χ2n) is 6.03. The van der Waals surface area contributed by atoms with Gasteiger partial charge in [0.15, 0.2) is 0 Å². The summed E-state index contributed by atoms with van der Waals surface area (Å²) >= 11 is 0. The first kappa shape index (κ1) is 14.8. The largest absolute Gasteiger partial charge is 0.361 e. The lowest BCUT2D eigenvalue weighted by Gasteiger charge is -2.20. The first-order chi connectivity index (χ1) is 10.6. The zero-order chi connectivity index (χ0) is 15.6. The molecule has 2 aromatic rings. The predicted octanol–water partition coefficient (Wildman–Crippen LogP) is 2.22. The van der Waals surface area contributed by atoms with Crippen LogP contribution in [0.25, 0.3) is 11.3 Å². The van der Waals surface area contributed by atoms with Crippen molar-refractivity contribution in [2.24, 2.45) is 5.73 Å². The van der Waals surface area contributed by atoms with Gasteiger partial charge in [0.05, 0.1) is 5.54 Å². The molecule has 1 aliphatic carbocycles. The minimum absolute atomic E-state index is 0.0510. The lowest BCUT2D eigenvalue weighted by molar-refractivity contribution is -0.132. The van der Waals surface area contributed by atoms with Crippen molar-refractivity contribution in [3.05, 3.63) is 42.2 Å². The van der Waals surface area contributed by atoms with Crippen molar-refractivity contribution in [1.82, 2.24) is 10.1 Å². The summed E-state index contributed by atoms with van der Waals surface area (Å²) in [6.07, 6.45) is 3.20. The molecule has 1 amide bonds. The van der Waals surface area contributed by atoms with Gasteiger partial charge in [-0.1, -0.05) is 35.5 Å². The molecule has 22 heavy (non-hydrogen) atoms. The van der Waals surface area contributed by atoms with Gasteiger partial charge < -0.3 is 15.2 Å². The average Bonchev–Trinajstić information content (AvgIpc) is 3.12. The molecule has 2 N–H and O–H groups in total. The Labute approximate surface area is 130 Å². The first-order valence-corrected chi connectivity index (χ1v) is 7.64. The number of nitrogens with two attached hydrogens (primary N) is 1. The lowest BCUT2D eigenvalue weighted by atomic mass is 10.1. The fourth-order valence-corrected chi connectivity index (χ4v) is 2.50. The Morgan fingerprint density at radius 2 is 2.09 bits per heavy atom.